The molecule has 0 atom stereocenters. The van der Waals surface area contributed by atoms with Crippen LogP contribution >= 0.6 is 0 Å². The zero-order valence-corrected chi connectivity index (χ0v) is 18.8. The Bertz CT molecular complexity index is 1000. The molecular weight excluding hydrogens is 448 g/mol. The Morgan fingerprint density at radius 2 is 1.53 bits per heavy atom. The van der Waals surface area contributed by atoms with Gasteiger partial charge in [0.05, 0.1) is 5.56 Å². The van der Waals surface area contributed by atoms with Gasteiger partial charge in [0.2, 0.25) is 5.91 Å². The van der Waals surface area contributed by atoms with Crippen molar-refractivity contribution in [3.8, 4) is 0 Å². The van der Waals surface area contributed by atoms with E-state index >= 15 is 0 Å². The summed E-state index contributed by atoms with van der Waals surface area (Å²) in [6.45, 7) is 1.25. The van der Waals surface area contributed by atoms with E-state index in [9.17, 15) is 27.2 Å². The Hall–Kier alpha value is -2.90. The van der Waals surface area contributed by atoms with E-state index in [1.807, 2.05) is 0 Å². The summed E-state index contributed by atoms with van der Waals surface area (Å²) in [6, 6.07) is 10.7. The Morgan fingerprint density at radius 3 is 2.09 bits per heavy atom. The zero-order chi connectivity index (χ0) is 24.3. The SMILES string of the molecule is O=C(NCC1(c2ccc(F)cc2)CCCC1)C1CCN(C(=O)c2ccc(C(F)(F)F)cc2)CC1. The molecule has 0 bridgehead atoms. The third-order valence-electron chi connectivity index (χ3n) is 7.23. The van der Waals surface area contributed by atoms with Gasteiger partial charge in [-0.25, -0.2) is 4.39 Å². The van der Waals surface area contributed by atoms with Gasteiger partial charge < -0.3 is 10.2 Å². The minimum atomic E-state index is -4.44. The molecule has 2 fully saturated rings. The molecule has 8 heteroatoms. The standard InChI is InChI=1S/C26H28F4N2O2/c27-22-9-7-20(8-10-22)25(13-1-2-14-25)17-31-23(33)18-11-15-32(16-12-18)24(34)19-3-5-21(6-4-19)26(28,29)30/h3-10,18H,1-2,11-17H2,(H,31,33). The van der Waals surface area contributed by atoms with Crippen molar-refractivity contribution in [1.82, 2.24) is 10.2 Å². The van der Waals surface area contributed by atoms with Gasteiger partial charge in [0.15, 0.2) is 0 Å². The smallest absolute Gasteiger partial charge is 0.355 e. The summed E-state index contributed by atoms with van der Waals surface area (Å²) in [5.41, 5.74) is 0.282. The van der Waals surface area contributed by atoms with Gasteiger partial charge in [0.25, 0.3) is 5.91 Å². The van der Waals surface area contributed by atoms with E-state index in [2.05, 4.69) is 5.32 Å². The molecule has 0 spiro atoms. The van der Waals surface area contributed by atoms with Gasteiger partial charge in [-0.05, 0) is 67.6 Å². The summed E-state index contributed by atoms with van der Waals surface area (Å²) < 4.78 is 51.6. The van der Waals surface area contributed by atoms with Crippen LogP contribution in [0.15, 0.2) is 48.5 Å². The molecule has 182 valence electrons. The summed E-state index contributed by atoms with van der Waals surface area (Å²) in [4.78, 5) is 27.1. The molecule has 1 aliphatic carbocycles. The molecular formula is C26H28F4N2O2. The van der Waals surface area contributed by atoms with Crippen LogP contribution in [0.2, 0.25) is 0 Å². The van der Waals surface area contributed by atoms with Crippen LogP contribution in [-0.4, -0.2) is 36.3 Å². The minimum Gasteiger partial charge on any atom is -0.355 e. The second-order valence-corrected chi connectivity index (χ2v) is 9.35. The fraction of sp³-hybridized carbons (Fsp3) is 0.462. The van der Waals surface area contributed by atoms with Crippen LogP contribution in [0.5, 0.6) is 0 Å². The first-order chi connectivity index (χ1) is 16.2. The molecule has 1 heterocycles. The molecule has 0 unspecified atom stereocenters. The number of hydrogen-bond donors (Lipinski definition) is 1. The minimum absolute atomic E-state index is 0.0463. The van der Waals surface area contributed by atoms with E-state index in [1.54, 1.807) is 17.0 Å². The maximum absolute atomic E-state index is 13.4. The third-order valence-corrected chi connectivity index (χ3v) is 7.23. The molecule has 1 saturated heterocycles. The summed E-state index contributed by atoms with van der Waals surface area (Å²) in [6.07, 6.45) is 0.581. The number of nitrogens with zero attached hydrogens (tertiary/aromatic N) is 1. The van der Waals surface area contributed by atoms with Crippen molar-refractivity contribution >= 4 is 11.8 Å². The molecule has 1 aliphatic heterocycles. The van der Waals surface area contributed by atoms with Crippen LogP contribution in [0.25, 0.3) is 0 Å². The zero-order valence-electron chi connectivity index (χ0n) is 18.8. The van der Waals surface area contributed by atoms with Gasteiger partial charge in [-0.3, -0.25) is 9.59 Å². The third kappa shape index (κ3) is 5.26. The number of nitrogens with one attached hydrogen (secondary N) is 1. The van der Waals surface area contributed by atoms with Crippen LogP contribution in [0.1, 0.15) is 60.0 Å². The van der Waals surface area contributed by atoms with Crippen LogP contribution in [0, 0.1) is 11.7 Å². The number of alkyl halides is 3. The quantitative estimate of drug-likeness (QED) is 0.594. The molecule has 1 saturated carbocycles. The number of carbonyl (C=O) groups is 2. The van der Waals surface area contributed by atoms with E-state index in [-0.39, 0.29) is 34.5 Å². The average molecular weight is 477 g/mol. The molecule has 2 amide bonds. The fourth-order valence-electron chi connectivity index (χ4n) is 5.15. The van der Waals surface area contributed by atoms with Gasteiger partial charge in [0, 0.05) is 36.5 Å². The molecule has 2 aliphatic rings. The van der Waals surface area contributed by atoms with Crippen LogP contribution in [0.3, 0.4) is 0 Å². The Kier molecular flexibility index (Phi) is 6.96. The van der Waals surface area contributed by atoms with E-state index in [1.165, 1.54) is 24.3 Å². The lowest BCUT2D eigenvalue weighted by atomic mass is 9.78. The predicted octanol–water partition coefficient (Wildman–Crippen LogP) is 5.32. The fourth-order valence-corrected chi connectivity index (χ4v) is 5.15. The molecule has 4 nitrogen and oxygen atoms in total. The molecule has 34 heavy (non-hydrogen) atoms. The summed E-state index contributed by atoms with van der Waals surface area (Å²) in [5.74, 6) is -0.870. The largest absolute Gasteiger partial charge is 0.416 e. The van der Waals surface area contributed by atoms with Crippen molar-refractivity contribution in [2.45, 2.75) is 50.1 Å². The van der Waals surface area contributed by atoms with Crippen molar-refractivity contribution in [2.75, 3.05) is 19.6 Å². The second-order valence-electron chi connectivity index (χ2n) is 9.35. The molecule has 2 aromatic rings. The van der Waals surface area contributed by atoms with E-state index in [4.69, 9.17) is 0 Å². The number of benzene rings is 2. The van der Waals surface area contributed by atoms with Crippen LogP contribution in [-0.2, 0) is 16.4 Å². The lowest BCUT2D eigenvalue weighted by Crippen LogP contribution is -2.46. The lowest BCUT2D eigenvalue weighted by molar-refractivity contribution is -0.137. The van der Waals surface area contributed by atoms with E-state index in [0.29, 0.717) is 32.5 Å². The van der Waals surface area contributed by atoms with Gasteiger partial charge in [-0.1, -0.05) is 25.0 Å². The lowest BCUT2D eigenvalue weighted by Gasteiger charge is -2.34. The van der Waals surface area contributed by atoms with Crippen molar-refractivity contribution < 1.29 is 27.2 Å². The van der Waals surface area contributed by atoms with Crippen molar-refractivity contribution in [3.05, 3.63) is 71.0 Å². The van der Waals surface area contributed by atoms with Crippen molar-refractivity contribution in [2.24, 2.45) is 5.92 Å². The normalized spacial score (nSPS) is 18.6. The van der Waals surface area contributed by atoms with Gasteiger partial charge in [-0.2, -0.15) is 13.2 Å². The second kappa shape index (κ2) is 9.76. The Balaban J connectivity index is 1.31. The number of likely N-dealkylation sites (tertiary alicyclic amines) is 1. The van der Waals surface area contributed by atoms with Crippen LogP contribution in [0.4, 0.5) is 17.6 Å². The van der Waals surface area contributed by atoms with Crippen LogP contribution < -0.4 is 5.32 Å². The van der Waals surface area contributed by atoms with Crippen molar-refractivity contribution in [1.29, 1.82) is 0 Å². The molecule has 4 rings (SSSR count). The summed E-state index contributed by atoms with van der Waals surface area (Å²) in [7, 11) is 0. The number of halogens is 4. The summed E-state index contributed by atoms with van der Waals surface area (Å²) in [5, 5.41) is 3.10. The molecule has 0 radical (unpaired) electrons. The number of amides is 2. The average Bonchev–Trinajstić information content (AvgIpc) is 3.32. The highest BCUT2D eigenvalue weighted by Gasteiger charge is 2.37. The first-order valence-corrected chi connectivity index (χ1v) is 11.7. The first-order valence-electron chi connectivity index (χ1n) is 11.7. The topological polar surface area (TPSA) is 49.4 Å². The summed E-state index contributed by atoms with van der Waals surface area (Å²) >= 11 is 0. The maximum atomic E-state index is 13.4. The number of hydrogen-bond acceptors (Lipinski definition) is 2. The van der Waals surface area contributed by atoms with E-state index < -0.39 is 11.7 Å². The number of piperidine rings is 1. The number of carbonyl (C=O) groups excluding carboxylic acids is 2. The maximum Gasteiger partial charge on any atom is 0.416 e. The van der Waals surface area contributed by atoms with Gasteiger partial charge in [0.1, 0.15) is 5.82 Å². The Morgan fingerprint density at radius 1 is 0.941 bits per heavy atom. The molecule has 0 aromatic heterocycles. The molecule has 1 N–H and O–H groups in total. The monoisotopic (exact) mass is 476 g/mol. The van der Waals surface area contributed by atoms with Crippen molar-refractivity contribution in [3.63, 3.8) is 0 Å². The number of rotatable bonds is 5. The molecule has 2 aromatic carbocycles. The highest BCUT2D eigenvalue weighted by atomic mass is 19.4. The van der Waals surface area contributed by atoms with Gasteiger partial charge in [-0.15, -0.1) is 0 Å². The first kappa shape index (κ1) is 24.2. The predicted molar refractivity (Wildman–Crippen MR) is 120 cm³/mol. The highest BCUT2D eigenvalue weighted by Crippen LogP contribution is 2.40. The van der Waals surface area contributed by atoms with E-state index in [0.717, 1.165) is 43.4 Å². The Labute approximate surface area is 196 Å². The highest BCUT2D eigenvalue weighted by molar-refractivity contribution is 5.94. The van der Waals surface area contributed by atoms with Gasteiger partial charge >= 0.3 is 6.18 Å².